The lowest BCUT2D eigenvalue weighted by molar-refractivity contribution is 0.0555. The number of rotatable bonds is 5. The standard InChI is InChI=1S/C24H23N5O2S/c1-17(22-26-21(27-31-22)18-8-4-2-5-9-18)28-12-14-29(15-13-28)24(30)20-16-25-23(32-20)19-10-6-3-7-11-19/h2-11,16-17H,12-15H2,1H3. The van der Waals surface area contributed by atoms with Crippen molar-refractivity contribution in [2.75, 3.05) is 26.2 Å². The highest BCUT2D eigenvalue weighted by Gasteiger charge is 2.29. The van der Waals surface area contributed by atoms with Crippen LogP contribution >= 0.6 is 11.3 Å². The average molecular weight is 446 g/mol. The van der Waals surface area contributed by atoms with Crippen LogP contribution in [0.4, 0.5) is 0 Å². The maximum atomic E-state index is 13.0. The fraction of sp³-hybridized carbons (Fsp3) is 0.250. The molecule has 1 saturated heterocycles. The second-order valence-corrected chi connectivity index (χ2v) is 8.75. The molecule has 0 saturated carbocycles. The van der Waals surface area contributed by atoms with E-state index in [1.807, 2.05) is 65.6 Å². The molecular formula is C24H23N5O2S. The van der Waals surface area contributed by atoms with Gasteiger partial charge in [0.25, 0.3) is 5.91 Å². The van der Waals surface area contributed by atoms with Crippen LogP contribution in [0.2, 0.25) is 0 Å². The molecular weight excluding hydrogens is 422 g/mol. The molecule has 3 heterocycles. The van der Waals surface area contributed by atoms with Crippen LogP contribution in [-0.2, 0) is 0 Å². The Morgan fingerprint density at radius 3 is 2.31 bits per heavy atom. The Morgan fingerprint density at radius 1 is 0.969 bits per heavy atom. The molecule has 1 unspecified atom stereocenters. The summed E-state index contributed by atoms with van der Waals surface area (Å²) in [5, 5.41) is 5.00. The number of carbonyl (C=O) groups is 1. The van der Waals surface area contributed by atoms with Gasteiger partial charge in [-0.3, -0.25) is 9.69 Å². The van der Waals surface area contributed by atoms with Crippen LogP contribution in [0.3, 0.4) is 0 Å². The summed E-state index contributed by atoms with van der Waals surface area (Å²) in [6.07, 6.45) is 1.69. The number of hydrogen-bond acceptors (Lipinski definition) is 7. The minimum absolute atomic E-state index is 0.00898. The quantitative estimate of drug-likeness (QED) is 0.454. The third-order valence-electron chi connectivity index (χ3n) is 5.72. The molecule has 0 spiro atoms. The molecule has 1 amide bonds. The number of aromatic nitrogens is 3. The molecule has 5 rings (SSSR count). The van der Waals surface area contributed by atoms with Gasteiger partial charge in [0.2, 0.25) is 11.7 Å². The Hall–Kier alpha value is -3.36. The Morgan fingerprint density at radius 2 is 1.62 bits per heavy atom. The summed E-state index contributed by atoms with van der Waals surface area (Å²) in [7, 11) is 0. The molecule has 0 aliphatic carbocycles. The molecule has 0 N–H and O–H groups in total. The monoisotopic (exact) mass is 445 g/mol. The number of piperazine rings is 1. The van der Waals surface area contributed by atoms with E-state index < -0.39 is 0 Å². The van der Waals surface area contributed by atoms with Crippen molar-refractivity contribution in [2.45, 2.75) is 13.0 Å². The van der Waals surface area contributed by atoms with Gasteiger partial charge in [-0.1, -0.05) is 65.8 Å². The lowest BCUT2D eigenvalue weighted by Crippen LogP contribution is -2.49. The Kier molecular flexibility index (Phi) is 5.79. The first kappa shape index (κ1) is 20.5. The topological polar surface area (TPSA) is 75.4 Å². The van der Waals surface area contributed by atoms with Crippen LogP contribution in [0, 0.1) is 0 Å². The zero-order chi connectivity index (χ0) is 21.9. The van der Waals surface area contributed by atoms with Gasteiger partial charge in [0.1, 0.15) is 9.88 Å². The second-order valence-electron chi connectivity index (χ2n) is 7.72. The molecule has 0 bridgehead atoms. The smallest absolute Gasteiger partial charge is 0.265 e. The lowest BCUT2D eigenvalue weighted by Gasteiger charge is -2.36. The van der Waals surface area contributed by atoms with Crippen LogP contribution in [0.5, 0.6) is 0 Å². The van der Waals surface area contributed by atoms with Gasteiger partial charge in [0.15, 0.2) is 0 Å². The SMILES string of the molecule is CC(c1nc(-c2ccccc2)no1)N1CCN(C(=O)c2cnc(-c3ccccc3)s2)CC1. The summed E-state index contributed by atoms with van der Waals surface area (Å²) in [6, 6.07) is 19.7. The Labute approximate surface area is 190 Å². The van der Waals surface area contributed by atoms with E-state index in [9.17, 15) is 4.79 Å². The fourth-order valence-corrected chi connectivity index (χ4v) is 4.71. The van der Waals surface area contributed by atoms with E-state index in [0.717, 1.165) is 29.2 Å². The van der Waals surface area contributed by atoms with Gasteiger partial charge in [-0.25, -0.2) is 4.98 Å². The minimum atomic E-state index is -0.00898. The summed E-state index contributed by atoms with van der Waals surface area (Å²) in [4.78, 5) is 26.9. The molecule has 4 aromatic rings. The van der Waals surface area contributed by atoms with Crippen molar-refractivity contribution >= 4 is 17.2 Å². The van der Waals surface area contributed by atoms with Crippen molar-refractivity contribution in [2.24, 2.45) is 0 Å². The van der Waals surface area contributed by atoms with E-state index in [4.69, 9.17) is 4.52 Å². The highest BCUT2D eigenvalue weighted by atomic mass is 32.1. The largest absolute Gasteiger partial charge is 0.337 e. The van der Waals surface area contributed by atoms with E-state index >= 15 is 0 Å². The molecule has 1 aliphatic rings. The first-order chi connectivity index (χ1) is 15.7. The molecule has 162 valence electrons. The van der Waals surface area contributed by atoms with Gasteiger partial charge in [-0.15, -0.1) is 11.3 Å². The first-order valence-electron chi connectivity index (χ1n) is 10.6. The van der Waals surface area contributed by atoms with Crippen molar-refractivity contribution in [1.29, 1.82) is 0 Å². The molecule has 0 radical (unpaired) electrons. The molecule has 1 aliphatic heterocycles. The highest BCUT2D eigenvalue weighted by molar-refractivity contribution is 7.16. The molecule has 2 aromatic carbocycles. The zero-order valence-electron chi connectivity index (χ0n) is 17.7. The van der Waals surface area contributed by atoms with Gasteiger partial charge < -0.3 is 9.42 Å². The number of nitrogens with zero attached hydrogens (tertiary/aromatic N) is 5. The third kappa shape index (κ3) is 4.19. The van der Waals surface area contributed by atoms with Gasteiger partial charge >= 0.3 is 0 Å². The summed E-state index contributed by atoms with van der Waals surface area (Å²) in [5.41, 5.74) is 1.97. The maximum absolute atomic E-state index is 13.0. The van der Waals surface area contributed by atoms with Crippen LogP contribution in [0.15, 0.2) is 71.4 Å². The summed E-state index contributed by atoms with van der Waals surface area (Å²) in [5.74, 6) is 1.24. The van der Waals surface area contributed by atoms with E-state index in [1.165, 1.54) is 11.3 Å². The minimum Gasteiger partial charge on any atom is -0.337 e. The molecule has 1 atom stereocenters. The van der Waals surface area contributed by atoms with Gasteiger partial charge in [-0.05, 0) is 6.92 Å². The van der Waals surface area contributed by atoms with E-state index in [0.29, 0.717) is 29.7 Å². The molecule has 32 heavy (non-hydrogen) atoms. The summed E-state index contributed by atoms with van der Waals surface area (Å²) in [6.45, 7) is 4.87. The van der Waals surface area contributed by atoms with Gasteiger partial charge in [0, 0.05) is 37.3 Å². The van der Waals surface area contributed by atoms with Crippen molar-refractivity contribution in [3.8, 4) is 22.0 Å². The van der Waals surface area contributed by atoms with Crippen LogP contribution < -0.4 is 0 Å². The van der Waals surface area contributed by atoms with Crippen molar-refractivity contribution in [1.82, 2.24) is 24.9 Å². The van der Waals surface area contributed by atoms with E-state index in [-0.39, 0.29) is 11.9 Å². The van der Waals surface area contributed by atoms with Crippen LogP contribution in [-0.4, -0.2) is 57.0 Å². The highest BCUT2D eigenvalue weighted by Crippen LogP contribution is 2.27. The number of amides is 1. The fourth-order valence-electron chi connectivity index (χ4n) is 3.82. The van der Waals surface area contributed by atoms with Gasteiger partial charge in [-0.2, -0.15) is 4.98 Å². The molecule has 8 heteroatoms. The lowest BCUT2D eigenvalue weighted by atomic mass is 10.2. The third-order valence-corrected chi connectivity index (χ3v) is 6.75. The predicted molar refractivity (Wildman–Crippen MR) is 123 cm³/mol. The number of carbonyl (C=O) groups excluding carboxylic acids is 1. The molecule has 7 nitrogen and oxygen atoms in total. The second kappa shape index (κ2) is 9.02. The van der Waals surface area contributed by atoms with Crippen LogP contribution in [0.1, 0.15) is 28.5 Å². The van der Waals surface area contributed by atoms with Crippen molar-refractivity contribution in [3.63, 3.8) is 0 Å². The number of thiazole rings is 1. The number of hydrogen-bond donors (Lipinski definition) is 0. The zero-order valence-corrected chi connectivity index (χ0v) is 18.5. The molecule has 1 fully saturated rings. The molecule has 2 aromatic heterocycles. The summed E-state index contributed by atoms with van der Waals surface area (Å²) >= 11 is 1.44. The van der Waals surface area contributed by atoms with Crippen LogP contribution in [0.25, 0.3) is 22.0 Å². The van der Waals surface area contributed by atoms with Crippen molar-refractivity contribution < 1.29 is 9.32 Å². The Bertz CT molecular complexity index is 1180. The van der Waals surface area contributed by atoms with Crippen molar-refractivity contribution in [3.05, 3.63) is 77.6 Å². The normalized spacial score (nSPS) is 15.6. The van der Waals surface area contributed by atoms with E-state index in [1.54, 1.807) is 6.20 Å². The number of benzene rings is 2. The predicted octanol–water partition coefficient (Wildman–Crippen LogP) is 4.38. The maximum Gasteiger partial charge on any atom is 0.265 e. The average Bonchev–Trinajstić information content (AvgIpc) is 3.55. The summed E-state index contributed by atoms with van der Waals surface area (Å²) < 4.78 is 5.53. The Balaban J connectivity index is 1.20. The van der Waals surface area contributed by atoms with E-state index in [2.05, 4.69) is 26.9 Å². The first-order valence-corrected chi connectivity index (χ1v) is 11.4. The van der Waals surface area contributed by atoms with Gasteiger partial charge in [0.05, 0.1) is 12.2 Å².